The number of likely N-dealkylation sites (N-methyl/N-ethyl adjacent to an activating group) is 1. The number of piperazine rings is 1. The minimum absolute atomic E-state index is 0.261. The van der Waals surface area contributed by atoms with E-state index in [1.807, 2.05) is 6.07 Å². The van der Waals surface area contributed by atoms with E-state index >= 15 is 0 Å². The van der Waals surface area contributed by atoms with E-state index in [4.69, 9.17) is 11.6 Å². The lowest BCUT2D eigenvalue weighted by atomic mass is 9.89. The molecule has 0 N–H and O–H groups in total. The molecule has 2 saturated heterocycles. The third kappa shape index (κ3) is 4.48. The van der Waals surface area contributed by atoms with Crippen LogP contribution in [0.1, 0.15) is 25.3 Å². The van der Waals surface area contributed by atoms with Gasteiger partial charge in [-0.3, -0.25) is 9.80 Å². The van der Waals surface area contributed by atoms with E-state index in [0.717, 1.165) is 31.1 Å². The Labute approximate surface area is 150 Å². The molecule has 0 spiro atoms. The molecule has 3 rings (SSSR count). The third-order valence-electron chi connectivity index (χ3n) is 5.84. The summed E-state index contributed by atoms with van der Waals surface area (Å²) in [6.07, 6.45) is 2.48. The summed E-state index contributed by atoms with van der Waals surface area (Å²) in [5, 5.41) is 0.544. The zero-order valence-electron chi connectivity index (χ0n) is 14.8. The Kier molecular flexibility index (Phi) is 6.14. The van der Waals surface area contributed by atoms with Gasteiger partial charge in [0.1, 0.15) is 5.82 Å². The summed E-state index contributed by atoms with van der Waals surface area (Å²) in [4.78, 5) is 7.53. The smallest absolute Gasteiger partial charge is 0.124 e. The van der Waals surface area contributed by atoms with Crippen molar-refractivity contribution < 1.29 is 4.39 Å². The Hall–Kier alpha value is -0.680. The van der Waals surface area contributed by atoms with Crippen molar-refractivity contribution in [3.63, 3.8) is 0 Å². The Morgan fingerprint density at radius 1 is 1.12 bits per heavy atom. The molecule has 0 saturated carbocycles. The maximum atomic E-state index is 13.2. The number of nitrogens with zero attached hydrogens (tertiary/aromatic N) is 3. The SMILES string of the molecule is C[C@H](C1CCN(Cc2ccc(F)cc2Cl)CC1)N1CCN(C)CC1. The van der Waals surface area contributed by atoms with Crippen molar-refractivity contribution in [1.82, 2.24) is 14.7 Å². The molecule has 2 heterocycles. The zero-order valence-corrected chi connectivity index (χ0v) is 15.6. The highest BCUT2D eigenvalue weighted by Gasteiger charge is 2.29. The molecule has 0 unspecified atom stereocenters. The molecule has 0 aromatic heterocycles. The second-order valence-electron chi connectivity index (χ2n) is 7.43. The molecule has 0 aliphatic carbocycles. The number of piperidine rings is 1. The highest BCUT2D eigenvalue weighted by Crippen LogP contribution is 2.27. The van der Waals surface area contributed by atoms with Crippen LogP contribution in [-0.2, 0) is 6.54 Å². The van der Waals surface area contributed by atoms with Crippen molar-refractivity contribution in [2.45, 2.75) is 32.4 Å². The second-order valence-corrected chi connectivity index (χ2v) is 7.84. The van der Waals surface area contributed by atoms with Crippen LogP contribution in [0.5, 0.6) is 0 Å². The van der Waals surface area contributed by atoms with Crippen LogP contribution in [0.4, 0.5) is 4.39 Å². The molecule has 2 fully saturated rings. The number of benzene rings is 1. The number of hydrogen-bond acceptors (Lipinski definition) is 3. The molecule has 24 heavy (non-hydrogen) atoms. The van der Waals surface area contributed by atoms with Crippen LogP contribution in [0.15, 0.2) is 18.2 Å². The highest BCUT2D eigenvalue weighted by molar-refractivity contribution is 6.31. The molecular weight excluding hydrogens is 325 g/mol. The van der Waals surface area contributed by atoms with Crippen molar-refractivity contribution in [3.8, 4) is 0 Å². The van der Waals surface area contributed by atoms with Crippen LogP contribution in [0.2, 0.25) is 5.02 Å². The topological polar surface area (TPSA) is 9.72 Å². The van der Waals surface area contributed by atoms with E-state index in [1.165, 1.54) is 51.2 Å². The monoisotopic (exact) mass is 353 g/mol. The molecule has 1 atom stereocenters. The molecule has 3 nitrogen and oxygen atoms in total. The van der Waals surface area contributed by atoms with Gasteiger partial charge in [-0.1, -0.05) is 17.7 Å². The lowest BCUT2D eigenvalue weighted by molar-refractivity contribution is 0.0598. The summed E-state index contributed by atoms with van der Waals surface area (Å²) >= 11 is 6.16. The minimum Gasteiger partial charge on any atom is -0.304 e. The first-order valence-electron chi connectivity index (χ1n) is 9.12. The van der Waals surface area contributed by atoms with Gasteiger partial charge in [-0.05, 0) is 63.5 Å². The van der Waals surface area contributed by atoms with Gasteiger partial charge in [-0.25, -0.2) is 4.39 Å². The fourth-order valence-electron chi connectivity index (χ4n) is 4.01. The lowest BCUT2D eigenvalue weighted by Crippen LogP contribution is -2.51. The molecule has 5 heteroatoms. The summed E-state index contributed by atoms with van der Waals surface area (Å²) in [7, 11) is 2.21. The number of likely N-dealkylation sites (tertiary alicyclic amines) is 1. The molecule has 2 aliphatic rings. The standard InChI is InChI=1S/C19H29ClFN3/c1-15(24-11-9-22(2)10-12-24)16-5-7-23(8-6-16)14-17-3-4-18(21)13-19(17)20/h3-4,13,15-16H,5-12,14H2,1-2H3/t15-/m1/s1. The van der Waals surface area contributed by atoms with E-state index in [9.17, 15) is 4.39 Å². The van der Waals surface area contributed by atoms with Crippen molar-refractivity contribution in [1.29, 1.82) is 0 Å². The van der Waals surface area contributed by atoms with Crippen LogP contribution >= 0.6 is 11.6 Å². The molecule has 0 radical (unpaired) electrons. The summed E-state index contributed by atoms with van der Waals surface area (Å²) in [5.41, 5.74) is 1.03. The van der Waals surface area contributed by atoms with Gasteiger partial charge in [0.05, 0.1) is 0 Å². The Balaban J connectivity index is 1.48. The maximum Gasteiger partial charge on any atom is 0.124 e. The number of rotatable bonds is 4. The van der Waals surface area contributed by atoms with Gasteiger partial charge in [0, 0.05) is 43.8 Å². The van der Waals surface area contributed by atoms with Crippen molar-refractivity contribution in [2.24, 2.45) is 5.92 Å². The molecule has 0 bridgehead atoms. The van der Waals surface area contributed by atoms with Crippen molar-refractivity contribution >= 4 is 11.6 Å². The van der Waals surface area contributed by atoms with E-state index in [0.29, 0.717) is 11.1 Å². The largest absolute Gasteiger partial charge is 0.304 e. The highest BCUT2D eigenvalue weighted by atomic mass is 35.5. The molecule has 134 valence electrons. The van der Waals surface area contributed by atoms with E-state index < -0.39 is 0 Å². The predicted octanol–water partition coefficient (Wildman–Crippen LogP) is 3.33. The molecule has 0 amide bonds. The van der Waals surface area contributed by atoms with Crippen molar-refractivity contribution in [2.75, 3.05) is 46.3 Å². The summed E-state index contributed by atoms with van der Waals surface area (Å²) < 4.78 is 13.2. The summed E-state index contributed by atoms with van der Waals surface area (Å²) in [5.74, 6) is 0.525. The van der Waals surface area contributed by atoms with Crippen LogP contribution in [-0.4, -0.2) is 67.1 Å². The van der Waals surface area contributed by atoms with Crippen LogP contribution in [0.25, 0.3) is 0 Å². The number of halogens is 2. The van der Waals surface area contributed by atoms with Gasteiger partial charge >= 0.3 is 0 Å². The molecule has 1 aromatic rings. The maximum absolute atomic E-state index is 13.2. The quantitative estimate of drug-likeness (QED) is 0.822. The van der Waals surface area contributed by atoms with Crippen molar-refractivity contribution in [3.05, 3.63) is 34.6 Å². The predicted molar refractivity (Wildman–Crippen MR) is 97.9 cm³/mol. The van der Waals surface area contributed by atoms with Crippen LogP contribution in [0.3, 0.4) is 0 Å². The fraction of sp³-hybridized carbons (Fsp3) is 0.684. The van der Waals surface area contributed by atoms with Crippen LogP contribution < -0.4 is 0 Å². The molecule has 2 aliphatic heterocycles. The zero-order chi connectivity index (χ0) is 17.1. The first kappa shape index (κ1) is 18.1. The van der Waals surface area contributed by atoms with Crippen LogP contribution in [0, 0.1) is 11.7 Å². The average Bonchev–Trinajstić information content (AvgIpc) is 2.58. The van der Waals surface area contributed by atoms with E-state index in [2.05, 4.69) is 28.7 Å². The Morgan fingerprint density at radius 2 is 1.79 bits per heavy atom. The Bertz CT molecular complexity index is 537. The second kappa shape index (κ2) is 8.13. The first-order valence-corrected chi connectivity index (χ1v) is 9.49. The van der Waals surface area contributed by atoms with Gasteiger partial charge in [-0.15, -0.1) is 0 Å². The third-order valence-corrected chi connectivity index (χ3v) is 6.19. The fourth-order valence-corrected chi connectivity index (χ4v) is 4.24. The molecular formula is C19H29ClFN3. The number of hydrogen-bond donors (Lipinski definition) is 0. The lowest BCUT2D eigenvalue weighted by Gasteiger charge is -2.42. The van der Waals surface area contributed by atoms with Gasteiger partial charge < -0.3 is 4.90 Å². The van der Waals surface area contributed by atoms with E-state index in [1.54, 1.807) is 0 Å². The average molecular weight is 354 g/mol. The normalized spacial score (nSPS) is 23.5. The molecule has 1 aromatic carbocycles. The van der Waals surface area contributed by atoms with E-state index in [-0.39, 0.29) is 5.82 Å². The first-order chi connectivity index (χ1) is 11.5. The summed E-state index contributed by atoms with van der Waals surface area (Å²) in [6, 6.07) is 5.41. The van der Waals surface area contributed by atoms with Gasteiger partial charge in [0.15, 0.2) is 0 Å². The Morgan fingerprint density at radius 3 is 2.42 bits per heavy atom. The van der Waals surface area contributed by atoms with Gasteiger partial charge in [-0.2, -0.15) is 0 Å². The van der Waals surface area contributed by atoms with Gasteiger partial charge in [0.25, 0.3) is 0 Å². The minimum atomic E-state index is -0.261. The summed E-state index contributed by atoms with van der Waals surface area (Å²) in [6.45, 7) is 10.2. The van der Waals surface area contributed by atoms with Gasteiger partial charge in [0.2, 0.25) is 0 Å².